The minimum atomic E-state index is -0.899. The van der Waals surface area contributed by atoms with Crippen molar-refractivity contribution in [1.29, 1.82) is 0 Å². The summed E-state index contributed by atoms with van der Waals surface area (Å²) in [7, 11) is 1.88. The molecule has 0 saturated heterocycles. The van der Waals surface area contributed by atoms with Crippen LogP contribution in [0.2, 0.25) is 0 Å². The zero-order valence-electron chi connectivity index (χ0n) is 12.4. The fourth-order valence-corrected chi connectivity index (χ4v) is 3.04. The first-order valence-corrected chi connectivity index (χ1v) is 7.77. The zero-order chi connectivity index (χ0) is 15.4. The van der Waals surface area contributed by atoms with Gasteiger partial charge in [0.1, 0.15) is 11.5 Å². The molecule has 5 heteroatoms. The van der Waals surface area contributed by atoms with Crippen molar-refractivity contribution in [2.45, 2.75) is 25.3 Å². The first-order valence-electron chi connectivity index (χ1n) is 6.78. The normalized spacial score (nSPS) is 10.6. The van der Waals surface area contributed by atoms with E-state index in [4.69, 9.17) is 4.42 Å². The number of benzene rings is 1. The van der Waals surface area contributed by atoms with E-state index in [2.05, 4.69) is 0 Å². The maximum atomic E-state index is 11.6. The van der Waals surface area contributed by atoms with Crippen LogP contribution in [0.15, 0.2) is 39.6 Å². The Labute approximate surface area is 128 Å². The van der Waals surface area contributed by atoms with E-state index in [9.17, 15) is 9.90 Å². The van der Waals surface area contributed by atoms with Gasteiger partial charge in [-0.15, -0.1) is 11.8 Å². The molecule has 0 fully saturated rings. The summed E-state index contributed by atoms with van der Waals surface area (Å²) in [6.07, 6.45) is 0. The minimum absolute atomic E-state index is 0.357. The molecule has 112 valence electrons. The Morgan fingerprint density at radius 3 is 2.67 bits per heavy atom. The molecule has 0 aliphatic carbocycles. The second-order valence-electron chi connectivity index (χ2n) is 4.76. The largest absolute Gasteiger partial charge is 0.478 e. The number of carboxylic acid groups (broad SMARTS) is 1. The Morgan fingerprint density at radius 2 is 2.10 bits per heavy atom. The Kier molecular flexibility index (Phi) is 4.96. The second-order valence-corrected chi connectivity index (χ2v) is 6.06. The summed E-state index contributed by atoms with van der Waals surface area (Å²) in [6.45, 7) is 4.44. The van der Waals surface area contributed by atoms with Gasteiger partial charge >= 0.3 is 5.97 Å². The topological polar surface area (TPSA) is 53.7 Å². The first-order chi connectivity index (χ1) is 10.0. The lowest BCUT2D eigenvalue weighted by Gasteiger charge is -2.21. The zero-order valence-corrected chi connectivity index (χ0v) is 13.2. The van der Waals surface area contributed by atoms with Crippen LogP contribution in [0, 0.1) is 6.92 Å². The van der Waals surface area contributed by atoms with Gasteiger partial charge in [-0.3, -0.25) is 0 Å². The van der Waals surface area contributed by atoms with Crippen molar-refractivity contribution in [3.8, 4) is 0 Å². The molecule has 0 spiro atoms. The lowest BCUT2D eigenvalue weighted by atomic mass is 10.1. The first kappa shape index (κ1) is 15.5. The van der Waals surface area contributed by atoms with Crippen LogP contribution in [0.1, 0.15) is 28.8 Å². The predicted octanol–water partition coefficient (Wildman–Crippen LogP) is 4.03. The summed E-state index contributed by atoms with van der Waals surface area (Å²) in [6, 6.07) is 9.40. The monoisotopic (exact) mass is 305 g/mol. The van der Waals surface area contributed by atoms with Crippen LogP contribution >= 0.6 is 11.8 Å². The molecule has 0 aliphatic heterocycles. The van der Waals surface area contributed by atoms with Crippen molar-refractivity contribution in [2.75, 3.05) is 17.7 Å². The Balaban J connectivity index is 2.33. The van der Waals surface area contributed by atoms with Crippen molar-refractivity contribution < 1.29 is 14.3 Å². The number of hydrogen-bond donors (Lipinski definition) is 1. The fourth-order valence-electron chi connectivity index (χ4n) is 2.22. The molecular weight excluding hydrogens is 286 g/mol. The van der Waals surface area contributed by atoms with E-state index in [1.807, 2.05) is 56.1 Å². The Bertz CT molecular complexity index is 636. The Hall–Kier alpha value is -1.88. The molecule has 0 saturated carbocycles. The summed E-state index contributed by atoms with van der Waals surface area (Å²) in [5, 5.41) is 9.53. The lowest BCUT2D eigenvalue weighted by Crippen LogP contribution is -2.19. The molecular formula is C16H19NO3S. The molecule has 0 amide bonds. The number of hydrogen-bond acceptors (Lipinski definition) is 4. The number of nitrogens with zero attached hydrogens (tertiary/aromatic N) is 1. The van der Waals surface area contributed by atoms with Gasteiger partial charge in [0, 0.05) is 11.9 Å². The number of carbonyl (C=O) groups is 1. The van der Waals surface area contributed by atoms with Gasteiger partial charge in [-0.05, 0) is 36.9 Å². The van der Waals surface area contributed by atoms with E-state index in [1.165, 1.54) is 0 Å². The van der Waals surface area contributed by atoms with Crippen LogP contribution in [0.4, 0.5) is 5.69 Å². The summed E-state index contributed by atoms with van der Waals surface area (Å²) >= 11 is 1.54. The van der Waals surface area contributed by atoms with Gasteiger partial charge in [0.15, 0.2) is 0 Å². The van der Waals surface area contributed by atoms with E-state index in [0.29, 0.717) is 17.8 Å². The summed E-state index contributed by atoms with van der Waals surface area (Å²) in [5.74, 6) is 1.61. The lowest BCUT2D eigenvalue weighted by molar-refractivity contribution is 0.0694. The minimum Gasteiger partial charge on any atom is -0.478 e. The molecule has 2 rings (SSSR count). The molecule has 1 aromatic carbocycles. The SMILES string of the molecule is CCSc1cccc(N(C)Cc2ccc(C)o2)c1C(=O)O. The predicted molar refractivity (Wildman–Crippen MR) is 85.4 cm³/mol. The maximum absolute atomic E-state index is 11.6. The molecule has 0 bridgehead atoms. The van der Waals surface area contributed by atoms with Crippen molar-refractivity contribution >= 4 is 23.4 Å². The van der Waals surface area contributed by atoms with Gasteiger partial charge in [0.25, 0.3) is 0 Å². The van der Waals surface area contributed by atoms with Crippen LogP contribution < -0.4 is 4.90 Å². The third-order valence-corrected chi connectivity index (χ3v) is 4.06. The molecule has 0 radical (unpaired) electrons. The number of thioether (sulfide) groups is 1. The molecule has 0 atom stereocenters. The standard InChI is InChI=1S/C16H19NO3S/c1-4-21-14-7-5-6-13(15(14)16(18)19)17(3)10-12-9-8-11(2)20-12/h5-9H,4,10H2,1-3H3,(H,18,19). The number of carboxylic acids is 1. The van der Waals surface area contributed by atoms with Gasteiger partial charge in [0.2, 0.25) is 0 Å². The van der Waals surface area contributed by atoms with Gasteiger partial charge in [0.05, 0.1) is 17.8 Å². The third kappa shape index (κ3) is 3.61. The highest BCUT2D eigenvalue weighted by Crippen LogP contribution is 2.31. The molecule has 1 aromatic heterocycles. The van der Waals surface area contributed by atoms with Crippen molar-refractivity contribution in [3.63, 3.8) is 0 Å². The van der Waals surface area contributed by atoms with E-state index in [1.54, 1.807) is 11.8 Å². The average Bonchev–Trinajstić information content (AvgIpc) is 2.84. The van der Waals surface area contributed by atoms with E-state index in [0.717, 1.165) is 22.2 Å². The molecule has 1 heterocycles. The maximum Gasteiger partial charge on any atom is 0.338 e. The second kappa shape index (κ2) is 6.72. The van der Waals surface area contributed by atoms with Gasteiger partial charge in [-0.25, -0.2) is 4.79 Å². The molecule has 0 unspecified atom stereocenters. The third-order valence-electron chi connectivity index (χ3n) is 3.12. The number of rotatable bonds is 6. The molecule has 0 aliphatic rings. The van der Waals surface area contributed by atoms with Crippen molar-refractivity contribution in [2.24, 2.45) is 0 Å². The number of anilines is 1. The summed E-state index contributed by atoms with van der Waals surface area (Å²) < 4.78 is 5.56. The van der Waals surface area contributed by atoms with Crippen molar-refractivity contribution in [3.05, 3.63) is 47.4 Å². The van der Waals surface area contributed by atoms with Crippen LogP contribution in [0.5, 0.6) is 0 Å². The van der Waals surface area contributed by atoms with Gasteiger partial charge in [-0.2, -0.15) is 0 Å². The summed E-state index contributed by atoms with van der Waals surface area (Å²) in [5.41, 5.74) is 1.06. The number of aryl methyl sites for hydroxylation is 1. The van der Waals surface area contributed by atoms with Crippen LogP contribution in [0.25, 0.3) is 0 Å². The number of furan rings is 1. The van der Waals surface area contributed by atoms with Crippen LogP contribution in [-0.2, 0) is 6.54 Å². The highest BCUT2D eigenvalue weighted by molar-refractivity contribution is 7.99. The van der Waals surface area contributed by atoms with E-state index in [-0.39, 0.29) is 0 Å². The van der Waals surface area contributed by atoms with Gasteiger partial charge in [-0.1, -0.05) is 13.0 Å². The van der Waals surface area contributed by atoms with Crippen LogP contribution in [-0.4, -0.2) is 23.9 Å². The highest BCUT2D eigenvalue weighted by atomic mass is 32.2. The highest BCUT2D eigenvalue weighted by Gasteiger charge is 2.18. The molecule has 1 N–H and O–H groups in total. The quantitative estimate of drug-likeness (QED) is 0.816. The smallest absolute Gasteiger partial charge is 0.338 e. The molecule has 4 nitrogen and oxygen atoms in total. The average molecular weight is 305 g/mol. The van der Waals surface area contributed by atoms with Gasteiger partial charge < -0.3 is 14.4 Å². The molecule has 2 aromatic rings. The summed E-state index contributed by atoms with van der Waals surface area (Å²) in [4.78, 5) is 14.3. The fraction of sp³-hybridized carbons (Fsp3) is 0.312. The number of aromatic carboxylic acids is 1. The van der Waals surface area contributed by atoms with Crippen molar-refractivity contribution in [1.82, 2.24) is 0 Å². The molecule has 21 heavy (non-hydrogen) atoms. The Morgan fingerprint density at radius 1 is 1.33 bits per heavy atom. The van der Waals surface area contributed by atoms with Crippen LogP contribution in [0.3, 0.4) is 0 Å². The van der Waals surface area contributed by atoms with E-state index >= 15 is 0 Å². The van der Waals surface area contributed by atoms with E-state index < -0.39 is 5.97 Å².